The number of halogens is 2. The van der Waals surface area contributed by atoms with Crippen LogP contribution < -0.4 is 10.2 Å². The number of hydrogen-bond acceptors (Lipinski definition) is 3. The number of nitrogens with one attached hydrogen (secondary N) is 1. The Kier molecular flexibility index (Phi) is 4.64. The Balaban J connectivity index is 1.93. The third kappa shape index (κ3) is 3.18. The predicted octanol–water partition coefficient (Wildman–Crippen LogP) is 4.34. The van der Waals surface area contributed by atoms with Crippen molar-refractivity contribution in [2.24, 2.45) is 0 Å². The lowest BCUT2D eigenvalue weighted by molar-refractivity contribution is -0.120. The Morgan fingerprint density at radius 3 is 2.12 bits per heavy atom. The van der Waals surface area contributed by atoms with Crippen LogP contribution >= 0.6 is 34.2 Å². The number of carbonyl (C=O) groups excluding carboxylic acids is 2. The lowest BCUT2D eigenvalue weighted by atomic mass is 10.1. The molecule has 6 heteroatoms. The van der Waals surface area contributed by atoms with Crippen LogP contribution in [0.3, 0.4) is 0 Å². The molecule has 0 unspecified atom stereocenters. The zero-order valence-corrected chi connectivity index (χ0v) is 16.0. The van der Waals surface area contributed by atoms with Gasteiger partial charge in [-0.2, -0.15) is 0 Å². The number of amides is 2. The molecule has 1 aliphatic heterocycles. The quantitative estimate of drug-likeness (QED) is 0.557. The monoisotopic (exact) mass is 452 g/mol. The number of hydrogen-bond donors (Lipinski definition) is 1. The van der Waals surface area contributed by atoms with Crippen molar-refractivity contribution in [3.63, 3.8) is 0 Å². The van der Waals surface area contributed by atoms with Gasteiger partial charge in [0.25, 0.3) is 11.8 Å². The van der Waals surface area contributed by atoms with Crippen LogP contribution in [0.5, 0.6) is 0 Å². The summed E-state index contributed by atoms with van der Waals surface area (Å²) < 4.78 is 1.02. The highest BCUT2D eigenvalue weighted by Gasteiger charge is 2.38. The molecule has 2 aromatic carbocycles. The Hall–Kier alpha value is -1.86. The molecule has 3 rings (SSSR count). The summed E-state index contributed by atoms with van der Waals surface area (Å²) >= 11 is 8.29. The number of nitrogens with zero attached hydrogens (tertiary/aromatic N) is 1. The van der Waals surface area contributed by atoms with Crippen LogP contribution in [0, 0.1) is 17.4 Å². The van der Waals surface area contributed by atoms with Crippen molar-refractivity contribution >= 4 is 57.4 Å². The van der Waals surface area contributed by atoms with Crippen LogP contribution in [-0.4, -0.2) is 11.8 Å². The lowest BCUT2D eigenvalue weighted by Crippen LogP contribution is -2.32. The molecule has 0 saturated carbocycles. The third-order valence-electron chi connectivity index (χ3n) is 3.60. The molecular weight excluding hydrogens is 439 g/mol. The van der Waals surface area contributed by atoms with Crippen molar-refractivity contribution in [3.8, 4) is 0 Å². The number of carbonyl (C=O) groups is 2. The summed E-state index contributed by atoms with van der Waals surface area (Å²) in [4.78, 5) is 26.2. The molecule has 0 bridgehead atoms. The molecule has 1 N–H and O–H groups in total. The largest absolute Gasteiger partial charge is 0.350 e. The second kappa shape index (κ2) is 6.57. The van der Waals surface area contributed by atoms with E-state index in [9.17, 15) is 9.59 Å². The minimum atomic E-state index is -0.519. The number of aryl methyl sites for hydroxylation is 2. The Bertz CT molecular complexity index is 855. The van der Waals surface area contributed by atoms with Gasteiger partial charge in [-0.15, -0.1) is 0 Å². The first kappa shape index (κ1) is 17.0. The first-order valence-corrected chi connectivity index (χ1v) is 8.72. The normalized spacial score (nSPS) is 14.6. The highest BCUT2D eigenvalue weighted by Crippen LogP contribution is 2.30. The zero-order chi connectivity index (χ0) is 17.4. The summed E-state index contributed by atoms with van der Waals surface area (Å²) in [7, 11) is 0. The van der Waals surface area contributed by atoms with Gasteiger partial charge in [0.1, 0.15) is 10.7 Å². The van der Waals surface area contributed by atoms with E-state index < -0.39 is 11.8 Å². The minimum absolute atomic E-state index is 0.0993. The fourth-order valence-electron chi connectivity index (χ4n) is 2.63. The Morgan fingerprint density at radius 2 is 1.54 bits per heavy atom. The van der Waals surface area contributed by atoms with E-state index >= 15 is 0 Å². The first-order valence-electron chi connectivity index (χ1n) is 7.26. The van der Waals surface area contributed by atoms with Crippen molar-refractivity contribution in [1.29, 1.82) is 0 Å². The van der Waals surface area contributed by atoms with E-state index in [2.05, 4.69) is 27.9 Å². The van der Waals surface area contributed by atoms with E-state index in [1.165, 1.54) is 0 Å². The number of rotatable bonds is 3. The third-order valence-corrected chi connectivity index (χ3v) is 4.67. The first-order chi connectivity index (χ1) is 11.4. The standard InChI is InChI=1S/C18H14ClIN2O2/c1-10-7-11(2)9-13(8-10)21-16-15(19)17(23)22(18(16)24)14-5-3-12(20)4-6-14/h3-9,21H,1-2H3. The van der Waals surface area contributed by atoms with Gasteiger partial charge in [0.05, 0.1) is 5.69 Å². The molecule has 0 aromatic heterocycles. The van der Waals surface area contributed by atoms with Crippen LogP contribution in [0.2, 0.25) is 0 Å². The van der Waals surface area contributed by atoms with Gasteiger partial charge in [-0.1, -0.05) is 17.7 Å². The molecule has 122 valence electrons. The van der Waals surface area contributed by atoms with Crippen LogP contribution in [0.25, 0.3) is 0 Å². The van der Waals surface area contributed by atoms with Crippen LogP contribution in [0.15, 0.2) is 53.2 Å². The second-order valence-corrected chi connectivity index (χ2v) is 7.24. The van der Waals surface area contributed by atoms with E-state index in [1.54, 1.807) is 12.1 Å². The highest BCUT2D eigenvalue weighted by molar-refractivity contribution is 14.1. The Morgan fingerprint density at radius 1 is 0.958 bits per heavy atom. The van der Waals surface area contributed by atoms with Gasteiger partial charge >= 0.3 is 0 Å². The molecule has 2 aromatic rings. The smallest absolute Gasteiger partial charge is 0.283 e. The summed E-state index contributed by atoms with van der Waals surface area (Å²) in [6.45, 7) is 3.93. The molecular formula is C18H14ClIN2O2. The van der Waals surface area contributed by atoms with Crippen molar-refractivity contribution in [1.82, 2.24) is 0 Å². The Labute approximate surface area is 158 Å². The predicted molar refractivity (Wildman–Crippen MR) is 104 cm³/mol. The molecule has 0 saturated heterocycles. The number of anilines is 2. The average Bonchev–Trinajstić information content (AvgIpc) is 2.71. The molecule has 1 heterocycles. The van der Waals surface area contributed by atoms with E-state index in [0.29, 0.717) is 5.69 Å². The highest BCUT2D eigenvalue weighted by atomic mass is 127. The van der Waals surface area contributed by atoms with Crippen molar-refractivity contribution in [2.45, 2.75) is 13.8 Å². The molecule has 4 nitrogen and oxygen atoms in total. The summed E-state index contributed by atoms with van der Waals surface area (Å²) in [5.41, 5.74) is 3.44. The van der Waals surface area contributed by atoms with E-state index in [-0.39, 0.29) is 10.7 Å². The SMILES string of the molecule is Cc1cc(C)cc(NC2=C(Cl)C(=O)N(c3ccc(I)cc3)C2=O)c1. The maximum atomic E-state index is 12.7. The van der Waals surface area contributed by atoms with Gasteiger partial charge in [0.2, 0.25) is 0 Å². The summed E-state index contributed by atoms with van der Waals surface area (Å²) in [6, 6.07) is 12.9. The molecule has 0 spiro atoms. The van der Waals surface area contributed by atoms with E-state index in [4.69, 9.17) is 11.6 Å². The molecule has 1 aliphatic rings. The second-order valence-electron chi connectivity index (χ2n) is 5.61. The minimum Gasteiger partial charge on any atom is -0.350 e. The van der Waals surface area contributed by atoms with Gasteiger partial charge in [-0.25, -0.2) is 4.90 Å². The number of benzene rings is 2. The van der Waals surface area contributed by atoms with Crippen molar-refractivity contribution in [2.75, 3.05) is 10.2 Å². The van der Waals surface area contributed by atoms with Gasteiger partial charge in [-0.3, -0.25) is 9.59 Å². The lowest BCUT2D eigenvalue weighted by Gasteiger charge is -2.15. The van der Waals surface area contributed by atoms with E-state index in [0.717, 1.165) is 25.3 Å². The van der Waals surface area contributed by atoms with Crippen molar-refractivity contribution in [3.05, 3.63) is 67.9 Å². The fraction of sp³-hybridized carbons (Fsp3) is 0.111. The average molecular weight is 453 g/mol. The molecule has 24 heavy (non-hydrogen) atoms. The van der Waals surface area contributed by atoms with Gasteiger partial charge in [0, 0.05) is 9.26 Å². The van der Waals surface area contributed by atoms with Crippen LogP contribution in [0.4, 0.5) is 11.4 Å². The maximum absolute atomic E-state index is 12.7. The summed E-state index contributed by atoms with van der Waals surface area (Å²) in [6.07, 6.45) is 0. The topological polar surface area (TPSA) is 49.4 Å². The van der Waals surface area contributed by atoms with Gasteiger partial charge in [-0.05, 0) is 84.0 Å². The summed E-state index contributed by atoms with van der Waals surface area (Å²) in [5, 5.41) is 2.90. The molecule has 0 fully saturated rings. The van der Waals surface area contributed by atoms with Gasteiger partial charge in [0.15, 0.2) is 0 Å². The van der Waals surface area contributed by atoms with Crippen molar-refractivity contribution < 1.29 is 9.59 Å². The van der Waals surface area contributed by atoms with E-state index in [1.807, 2.05) is 44.2 Å². The van der Waals surface area contributed by atoms with Crippen LogP contribution in [-0.2, 0) is 9.59 Å². The fourth-order valence-corrected chi connectivity index (χ4v) is 3.20. The van der Waals surface area contributed by atoms with Crippen LogP contribution in [0.1, 0.15) is 11.1 Å². The molecule has 0 radical (unpaired) electrons. The van der Waals surface area contributed by atoms with Gasteiger partial charge < -0.3 is 5.32 Å². The molecule has 0 atom stereocenters. The summed E-state index contributed by atoms with van der Waals surface area (Å²) in [5.74, 6) is -0.972. The number of imide groups is 1. The maximum Gasteiger partial charge on any atom is 0.283 e. The molecule has 2 amide bonds. The molecule has 0 aliphatic carbocycles. The zero-order valence-electron chi connectivity index (χ0n) is 13.1.